The van der Waals surface area contributed by atoms with Crippen LogP contribution in [-0.4, -0.2) is 60.7 Å². The van der Waals surface area contributed by atoms with Crippen molar-refractivity contribution in [1.82, 2.24) is 14.9 Å². The highest BCUT2D eigenvalue weighted by Crippen LogP contribution is 2.37. The number of allylic oxidation sites excluding steroid dienone is 1. The van der Waals surface area contributed by atoms with E-state index in [-0.39, 0.29) is 12.6 Å². The van der Waals surface area contributed by atoms with Gasteiger partial charge in [-0.1, -0.05) is 35.8 Å². The number of nitrogens with one attached hydrogen (secondary N) is 1. The van der Waals surface area contributed by atoms with E-state index in [2.05, 4.69) is 50.7 Å². The third kappa shape index (κ3) is 4.66. The van der Waals surface area contributed by atoms with Crippen molar-refractivity contribution in [2.75, 3.05) is 59.9 Å². The van der Waals surface area contributed by atoms with Gasteiger partial charge in [-0.3, -0.25) is 9.69 Å². The van der Waals surface area contributed by atoms with E-state index in [9.17, 15) is 4.79 Å². The molecule has 1 fully saturated rings. The molecule has 1 N–H and O–H groups in total. The van der Waals surface area contributed by atoms with Crippen LogP contribution < -0.4 is 20.0 Å². The van der Waals surface area contributed by atoms with E-state index in [1.165, 1.54) is 11.9 Å². The molecule has 186 valence electrons. The second-order valence-electron chi connectivity index (χ2n) is 8.95. The highest BCUT2D eigenvalue weighted by Gasteiger charge is 2.32. The van der Waals surface area contributed by atoms with Gasteiger partial charge in [-0.2, -0.15) is 4.98 Å². The van der Waals surface area contributed by atoms with Gasteiger partial charge in [0.05, 0.1) is 22.4 Å². The summed E-state index contributed by atoms with van der Waals surface area (Å²) in [5.41, 5.74) is 4.03. The Balaban J connectivity index is 1.30. The Morgan fingerprint density at radius 1 is 1.03 bits per heavy atom. The molecular formula is C26H27Cl2N7O. The summed E-state index contributed by atoms with van der Waals surface area (Å²) < 4.78 is 0. The highest BCUT2D eigenvalue weighted by atomic mass is 35.5. The first-order valence-electron chi connectivity index (χ1n) is 11.7. The lowest BCUT2D eigenvalue weighted by molar-refractivity contribution is 0.0982. The molecule has 0 bridgehead atoms. The first-order valence-corrected chi connectivity index (χ1v) is 12.4. The zero-order chi connectivity index (χ0) is 25.4. The zero-order valence-corrected chi connectivity index (χ0v) is 21.7. The summed E-state index contributed by atoms with van der Waals surface area (Å²) in [6, 6.07) is 13.4. The minimum absolute atomic E-state index is 0.249. The van der Waals surface area contributed by atoms with Crippen molar-refractivity contribution in [3.05, 3.63) is 76.5 Å². The van der Waals surface area contributed by atoms with Gasteiger partial charge >= 0.3 is 0 Å². The lowest BCUT2D eigenvalue weighted by Gasteiger charge is -2.37. The summed E-state index contributed by atoms with van der Waals surface area (Å²) in [6.07, 6.45) is 1.54. The number of hydrogen-bond donors (Lipinski definition) is 1. The topological polar surface area (TPSA) is 67.8 Å². The molecule has 0 aliphatic carbocycles. The number of hydrogen-bond acceptors (Lipinski definition) is 7. The monoisotopic (exact) mass is 523 g/mol. The molecule has 1 aromatic heterocycles. The predicted molar refractivity (Wildman–Crippen MR) is 147 cm³/mol. The van der Waals surface area contributed by atoms with Crippen molar-refractivity contribution >= 4 is 57.9 Å². The molecule has 1 amide bonds. The van der Waals surface area contributed by atoms with Crippen LogP contribution in [0.2, 0.25) is 10.0 Å². The number of carbonyl (C=O) groups is 1. The van der Waals surface area contributed by atoms with E-state index in [0.29, 0.717) is 33.1 Å². The van der Waals surface area contributed by atoms with Gasteiger partial charge in [0.25, 0.3) is 5.91 Å². The number of rotatable bonds is 5. The van der Waals surface area contributed by atoms with Crippen LogP contribution >= 0.6 is 23.2 Å². The summed E-state index contributed by atoms with van der Waals surface area (Å²) >= 11 is 12.7. The lowest BCUT2D eigenvalue weighted by Crippen LogP contribution is -2.46. The lowest BCUT2D eigenvalue weighted by atomic mass is 10.2. The molecule has 2 aliphatic heterocycles. The van der Waals surface area contributed by atoms with Crippen LogP contribution in [0.5, 0.6) is 0 Å². The maximum atomic E-state index is 13.3. The van der Waals surface area contributed by atoms with Gasteiger partial charge in [0.2, 0.25) is 5.95 Å². The molecule has 3 aromatic rings. The van der Waals surface area contributed by atoms with Crippen molar-refractivity contribution in [3.63, 3.8) is 0 Å². The van der Waals surface area contributed by atoms with Crippen LogP contribution in [0.4, 0.5) is 28.8 Å². The average molecular weight is 524 g/mol. The molecule has 10 heteroatoms. The maximum Gasteiger partial charge on any atom is 0.265 e. The van der Waals surface area contributed by atoms with E-state index in [4.69, 9.17) is 23.2 Å². The SMILES string of the molecule is C=C(C)N1CCN(c2ccc(Nc3ncc4c(n3)N(C)CN(c3c(Cl)cccc3Cl)C4=O)cc2)CC1. The average Bonchev–Trinajstić information content (AvgIpc) is 2.87. The number of carbonyl (C=O) groups excluding carboxylic acids is 1. The summed E-state index contributed by atoms with van der Waals surface area (Å²) in [4.78, 5) is 30.4. The number of benzene rings is 2. The van der Waals surface area contributed by atoms with E-state index in [1.807, 2.05) is 24.1 Å². The normalized spacial score (nSPS) is 15.7. The molecule has 0 unspecified atom stereocenters. The van der Waals surface area contributed by atoms with Crippen LogP contribution in [0.3, 0.4) is 0 Å². The smallest absolute Gasteiger partial charge is 0.265 e. The van der Waals surface area contributed by atoms with Crippen LogP contribution in [-0.2, 0) is 0 Å². The Hall–Kier alpha value is -3.49. The van der Waals surface area contributed by atoms with Crippen molar-refractivity contribution in [2.45, 2.75) is 6.92 Å². The maximum absolute atomic E-state index is 13.3. The number of piperazine rings is 1. The van der Waals surface area contributed by atoms with Crippen molar-refractivity contribution < 1.29 is 4.79 Å². The summed E-state index contributed by atoms with van der Waals surface area (Å²) in [6.45, 7) is 10.2. The van der Waals surface area contributed by atoms with E-state index in [1.54, 1.807) is 23.1 Å². The summed E-state index contributed by atoms with van der Waals surface area (Å²) in [7, 11) is 1.86. The van der Waals surface area contributed by atoms with Gasteiger partial charge in [-0.15, -0.1) is 0 Å². The van der Waals surface area contributed by atoms with Crippen molar-refractivity contribution in [3.8, 4) is 0 Å². The van der Waals surface area contributed by atoms with Gasteiger partial charge < -0.3 is 20.0 Å². The Kier molecular flexibility index (Phi) is 6.64. The number of amides is 1. The summed E-state index contributed by atoms with van der Waals surface area (Å²) in [5, 5.41) is 4.07. The molecule has 0 spiro atoms. The Morgan fingerprint density at radius 3 is 2.33 bits per heavy atom. The van der Waals surface area contributed by atoms with Gasteiger partial charge in [0.1, 0.15) is 11.4 Å². The minimum Gasteiger partial charge on any atom is -0.372 e. The highest BCUT2D eigenvalue weighted by molar-refractivity contribution is 6.40. The van der Waals surface area contributed by atoms with Crippen LogP contribution in [0.25, 0.3) is 0 Å². The minimum atomic E-state index is -0.249. The predicted octanol–water partition coefficient (Wildman–Crippen LogP) is 5.24. The van der Waals surface area contributed by atoms with E-state index in [0.717, 1.165) is 37.6 Å². The van der Waals surface area contributed by atoms with Gasteiger partial charge in [0.15, 0.2) is 0 Å². The molecule has 2 aliphatic rings. The first kappa shape index (κ1) is 24.2. The van der Waals surface area contributed by atoms with Crippen molar-refractivity contribution in [1.29, 1.82) is 0 Å². The Bertz CT molecular complexity index is 1290. The third-order valence-electron chi connectivity index (χ3n) is 6.47. The second kappa shape index (κ2) is 9.87. The van der Waals surface area contributed by atoms with Gasteiger partial charge in [0, 0.05) is 56.5 Å². The van der Waals surface area contributed by atoms with Gasteiger partial charge in [-0.25, -0.2) is 4.98 Å². The van der Waals surface area contributed by atoms with Crippen LogP contribution in [0.15, 0.2) is 60.9 Å². The molecule has 1 saturated heterocycles. The Morgan fingerprint density at radius 2 is 1.69 bits per heavy atom. The molecule has 5 rings (SSSR count). The molecule has 8 nitrogen and oxygen atoms in total. The summed E-state index contributed by atoms with van der Waals surface area (Å²) in [5.74, 6) is 0.713. The van der Waals surface area contributed by atoms with Crippen LogP contribution in [0.1, 0.15) is 17.3 Å². The molecule has 36 heavy (non-hydrogen) atoms. The number of halogens is 2. The first-order chi connectivity index (χ1) is 17.3. The van der Waals surface area contributed by atoms with Gasteiger partial charge in [-0.05, 0) is 43.3 Å². The third-order valence-corrected chi connectivity index (χ3v) is 7.08. The molecule has 3 heterocycles. The zero-order valence-electron chi connectivity index (χ0n) is 20.2. The standard InChI is InChI=1S/C26H27Cl2N7O/c1-17(2)33-11-13-34(14-12-33)19-9-7-18(8-10-19)30-26-29-15-20-24(31-26)32(3)16-35(25(20)36)23-21(27)5-4-6-22(23)28/h4-10,15H,1,11-14,16H2,2-3H3,(H,29,30,31). The fourth-order valence-electron chi connectivity index (χ4n) is 4.51. The molecular weight excluding hydrogens is 497 g/mol. The quantitative estimate of drug-likeness (QED) is 0.490. The number of nitrogens with zero attached hydrogens (tertiary/aromatic N) is 6. The number of fused-ring (bicyclic) bond motifs is 1. The Labute approximate surface area is 220 Å². The van der Waals surface area contributed by atoms with E-state index < -0.39 is 0 Å². The molecule has 0 atom stereocenters. The van der Waals surface area contributed by atoms with E-state index >= 15 is 0 Å². The largest absolute Gasteiger partial charge is 0.372 e. The number of para-hydroxylation sites is 1. The van der Waals surface area contributed by atoms with Crippen LogP contribution in [0, 0.1) is 0 Å². The second-order valence-corrected chi connectivity index (χ2v) is 9.77. The molecule has 0 radical (unpaired) electrons. The molecule has 2 aromatic carbocycles. The fraction of sp³-hybridized carbons (Fsp3) is 0.269. The molecule has 0 saturated carbocycles. The van der Waals surface area contributed by atoms with Crippen molar-refractivity contribution in [2.24, 2.45) is 0 Å². The number of aromatic nitrogens is 2. The number of anilines is 5. The fourth-order valence-corrected chi connectivity index (χ4v) is 5.12.